The maximum atomic E-state index is 12.7. The second kappa shape index (κ2) is 5.51. The number of alkyl halides is 3. The van der Waals surface area contributed by atoms with Gasteiger partial charge >= 0.3 is 15.6 Å². The van der Waals surface area contributed by atoms with Crippen molar-refractivity contribution in [1.82, 2.24) is 9.47 Å². The molecule has 0 saturated heterocycles. The summed E-state index contributed by atoms with van der Waals surface area (Å²) in [7, 11) is -2.82. The van der Waals surface area contributed by atoms with E-state index in [4.69, 9.17) is 0 Å². The van der Waals surface area contributed by atoms with Gasteiger partial charge in [-0.1, -0.05) is 18.2 Å². The Kier molecular flexibility index (Phi) is 3.82. The zero-order valence-corrected chi connectivity index (χ0v) is 14.0. The zero-order valence-electron chi connectivity index (χ0n) is 13.2. The Balaban J connectivity index is 2.28. The van der Waals surface area contributed by atoms with Crippen LogP contribution in [0.3, 0.4) is 0 Å². The second-order valence-electron chi connectivity index (χ2n) is 5.54. The molecule has 1 aromatic heterocycles. The van der Waals surface area contributed by atoms with Crippen LogP contribution in [0.2, 0.25) is 0 Å². The molecule has 25 heavy (non-hydrogen) atoms. The highest BCUT2D eigenvalue weighted by Gasteiger charge is 2.49. The molecule has 0 aliphatic carbocycles. The Morgan fingerprint density at radius 2 is 1.80 bits per heavy atom. The molecule has 0 N–H and O–H groups in total. The maximum absolute atomic E-state index is 12.7. The average Bonchev–Trinajstić information content (AvgIpc) is 2.76. The summed E-state index contributed by atoms with van der Waals surface area (Å²) in [5.74, 6) is -0.963. The third-order valence-corrected chi connectivity index (χ3v) is 4.90. The highest BCUT2D eigenvalue weighted by molar-refractivity contribution is 7.87. The van der Waals surface area contributed by atoms with Crippen molar-refractivity contribution in [3.8, 4) is 0 Å². The Bertz CT molecular complexity index is 1010. The van der Waals surface area contributed by atoms with Gasteiger partial charge in [0.25, 0.3) is 5.91 Å². The molecule has 1 aliphatic rings. The van der Waals surface area contributed by atoms with E-state index in [-0.39, 0.29) is 17.8 Å². The van der Waals surface area contributed by atoms with Crippen molar-refractivity contribution >= 4 is 32.7 Å². The Morgan fingerprint density at radius 3 is 2.44 bits per heavy atom. The summed E-state index contributed by atoms with van der Waals surface area (Å²) in [4.78, 5) is 13.8. The number of aromatic nitrogens is 1. The van der Waals surface area contributed by atoms with Crippen LogP contribution in [0.1, 0.15) is 16.1 Å². The summed E-state index contributed by atoms with van der Waals surface area (Å²) in [6, 6.07) is 6.60. The molecule has 0 spiro atoms. The van der Waals surface area contributed by atoms with Crippen molar-refractivity contribution in [3.63, 3.8) is 0 Å². The van der Waals surface area contributed by atoms with E-state index >= 15 is 0 Å². The molecule has 0 fully saturated rings. The number of likely N-dealkylation sites (N-methyl/N-ethyl adjacent to an activating group) is 1. The number of carbonyl (C=O) groups is 1. The first-order valence-corrected chi connectivity index (χ1v) is 8.49. The number of carbonyl (C=O) groups excluding carboxylic acids is 1. The van der Waals surface area contributed by atoms with Crippen LogP contribution >= 0.6 is 0 Å². The Labute approximate surface area is 141 Å². The first kappa shape index (κ1) is 17.3. The maximum Gasteiger partial charge on any atom is 0.534 e. The van der Waals surface area contributed by atoms with Crippen molar-refractivity contribution in [2.24, 2.45) is 7.05 Å². The molecule has 2 heterocycles. The van der Waals surface area contributed by atoms with Gasteiger partial charge < -0.3 is 13.7 Å². The number of rotatable bonds is 2. The third kappa shape index (κ3) is 2.66. The standard InChI is InChI=1S/C15H13F3N2O4S/c1-19-8-7-11(24-25(22,23)15(16,17)18)12-9-5-3-4-6-10(9)20(2)13(12)14(19)21/h3-7H,8H2,1-2H3. The van der Waals surface area contributed by atoms with Crippen LogP contribution in [0.25, 0.3) is 16.7 Å². The number of nitrogens with zero attached hydrogens (tertiary/aromatic N) is 2. The van der Waals surface area contributed by atoms with Gasteiger partial charge in [-0.05, 0) is 12.1 Å². The summed E-state index contributed by atoms with van der Waals surface area (Å²) in [5.41, 5.74) is -4.92. The molecule has 3 rings (SSSR count). The van der Waals surface area contributed by atoms with Crippen LogP contribution in [0, 0.1) is 0 Å². The Morgan fingerprint density at radius 1 is 1.16 bits per heavy atom. The normalized spacial score (nSPS) is 15.8. The lowest BCUT2D eigenvalue weighted by molar-refractivity contribution is -0.0509. The number of aryl methyl sites for hydroxylation is 1. The third-order valence-electron chi connectivity index (χ3n) is 3.94. The average molecular weight is 374 g/mol. The first-order valence-electron chi connectivity index (χ1n) is 7.09. The molecule has 6 nitrogen and oxygen atoms in total. The van der Waals surface area contributed by atoms with Gasteiger partial charge in [0.05, 0.1) is 5.56 Å². The van der Waals surface area contributed by atoms with Gasteiger partial charge in [0.1, 0.15) is 5.69 Å². The molecular weight excluding hydrogens is 361 g/mol. The van der Waals surface area contributed by atoms with Gasteiger partial charge in [-0.2, -0.15) is 21.6 Å². The largest absolute Gasteiger partial charge is 0.534 e. The Hall–Kier alpha value is -2.49. The minimum absolute atomic E-state index is 0.0280. The fourth-order valence-electron chi connectivity index (χ4n) is 2.72. The molecule has 1 amide bonds. The second-order valence-corrected chi connectivity index (χ2v) is 7.07. The van der Waals surface area contributed by atoms with E-state index in [0.29, 0.717) is 10.9 Å². The highest BCUT2D eigenvalue weighted by Crippen LogP contribution is 2.37. The highest BCUT2D eigenvalue weighted by atomic mass is 32.2. The van der Waals surface area contributed by atoms with Crippen LogP contribution in [0.5, 0.6) is 0 Å². The number of benzene rings is 1. The number of amides is 1. The zero-order chi connectivity index (χ0) is 18.6. The summed E-state index contributed by atoms with van der Waals surface area (Å²) >= 11 is 0. The van der Waals surface area contributed by atoms with Gasteiger partial charge in [0.15, 0.2) is 5.76 Å². The van der Waals surface area contributed by atoms with Gasteiger partial charge in [-0.3, -0.25) is 4.79 Å². The minimum atomic E-state index is -5.86. The van der Waals surface area contributed by atoms with E-state index in [1.165, 1.54) is 16.5 Å². The van der Waals surface area contributed by atoms with Crippen LogP contribution in [0.15, 0.2) is 30.3 Å². The molecule has 0 unspecified atom stereocenters. The van der Waals surface area contributed by atoms with Gasteiger partial charge in [-0.15, -0.1) is 0 Å². The van der Waals surface area contributed by atoms with Gasteiger partial charge in [0.2, 0.25) is 0 Å². The number of hydrogen-bond acceptors (Lipinski definition) is 4. The first-order chi connectivity index (χ1) is 11.5. The van der Waals surface area contributed by atoms with Gasteiger partial charge in [0, 0.05) is 31.5 Å². The van der Waals surface area contributed by atoms with Crippen LogP contribution in [-0.4, -0.2) is 42.9 Å². The molecule has 0 bridgehead atoms. The van der Waals surface area contributed by atoms with Crippen molar-refractivity contribution in [2.45, 2.75) is 5.51 Å². The van der Waals surface area contributed by atoms with E-state index in [1.807, 2.05) is 0 Å². The summed E-state index contributed by atoms with van der Waals surface area (Å²) < 4.78 is 66.9. The predicted molar refractivity (Wildman–Crippen MR) is 83.9 cm³/mol. The number of fused-ring (bicyclic) bond motifs is 3. The van der Waals surface area contributed by atoms with Crippen molar-refractivity contribution in [1.29, 1.82) is 0 Å². The monoisotopic (exact) mass is 374 g/mol. The molecule has 0 radical (unpaired) electrons. The number of para-hydroxylation sites is 1. The van der Waals surface area contributed by atoms with Crippen LogP contribution in [-0.2, 0) is 21.3 Å². The molecule has 1 aromatic carbocycles. The summed E-state index contributed by atoms with van der Waals surface area (Å²) in [6.07, 6.45) is 1.15. The lowest BCUT2D eigenvalue weighted by atomic mass is 10.1. The topological polar surface area (TPSA) is 68.6 Å². The summed E-state index contributed by atoms with van der Waals surface area (Å²) in [6.45, 7) is -0.0927. The van der Waals surface area contributed by atoms with E-state index in [9.17, 15) is 26.4 Å². The lowest BCUT2D eigenvalue weighted by Crippen LogP contribution is -2.27. The van der Waals surface area contributed by atoms with Crippen molar-refractivity contribution in [3.05, 3.63) is 41.6 Å². The van der Waals surface area contributed by atoms with Crippen LogP contribution in [0.4, 0.5) is 13.2 Å². The number of halogens is 3. The molecule has 10 heteroatoms. The van der Waals surface area contributed by atoms with Crippen molar-refractivity contribution < 1.29 is 30.6 Å². The number of hydrogen-bond donors (Lipinski definition) is 0. The fourth-order valence-corrected chi connectivity index (χ4v) is 3.20. The van der Waals surface area contributed by atoms with E-state index < -0.39 is 27.3 Å². The minimum Gasteiger partial charge on any atom is -0.376 e. The van der Waals surface area contributed by atoms with Crippen LogP contribution < -0.4 is 0 Å². The fraction of sp³-hybridized carbons (Fsp3) is 0.267. The lowest BCUT2D eigenvalue weighted by Gasteiger charge is -2.14. The molecule has 0 atom stereocenters. The summed E-state index contributed by atoms with van der Waals surface area (Å²) in [5, 5.41) is 0.423. The van der Waals surface area contributed by atoms with E-state index in [2.05, 4.69) is 4.18 Å². The molecule has 2 aromatic rings. The quantitative estimate of drug-likeness (QED) is 0.598. The van der Waals surface area contributed by atoms with Gasteiger partial charge in [-0.25, -0.2) is 0 Å². The molecule has 0 saturated carbocycles. The van der Waals surface area contributed by atoms with Crippen molar-refractivity contribution in [2.75, 3.05) is 13.6 Å². The SMILES string of the molecule is CN1CC=C(OS(=O)(=O)C(F)(F)F)c2c(n(C)c3ccccc23)C1=O. The molecule has 134 valence electrons. The molecule has 1 aliphatic heterocycles. The molecular formula is C15H13F3N2O4S. The smallest absolute Gasteiger partial charge is 0.376 e. The van der Waals surface area contributed by atoms with E-state index in [1.54, 1.807) is 31.3 Å². The predicted octanol–water partition coefficient (Wildman–Crippen LogP) is 2.47. The van der Waals surface area contributed by atoms with E-state index in [0.717, 1.165) is 6.08 Å².